The van der Waals surface area contributed by atoms with Crippen LogP contribution in [0.1, 0.15) is 53.9 Å². The maximum Gasteiger partial charge on any atom is 0.229 e. The van der Waals surface area contributed by atoms with Crippen molar-refractivity contribution < 1.29 is 9.59 Å². The van der Waals surface area contributed by atoms with Crippen molar-refractivity contribution in [3.05, 3.63) is 0 Å². The summed E-state index contributed by atoms with van der Waals surface area (Å²) in [5, 5.41) is 0. The molecule has 0 N–H and O–H groups in total. The van der Waals surface area contributed by atoms with E-state index in [1.54, 1.807) is 0 Å². The zero-order valence-electron chi connectivity index (χ0n) is 10.1. The minimum atomic E-state index is -0.143. The van der Waals surface area contributed by atoms with Crippen molar-refractivity contribution in [3.8, 4) is 0 Å². The number of carbonyl (C=O) groups excluding carboxylic acids is 2. The lowest BCUT2D eigenvalue weighted by molar-refractivity contribution is -0.143. The normalized spacial score (nSPS) is 8.64. The van der Waals surface area contributed by atoms with Gasteiger partial charge in [0.2, 0.25) is 11.8 Å². The fourth-order valence-corrected chi connectivity index (χ4v) is 1.03. The second-order valence-electron chi connectivity index (χ2n) is 2.81. The lowest BCUT2D eigenvalue weighted by atomic mass is 10.3. The summed E-state index contributed by atoms with van der Waals surface area (Å²) in [6.45, 7) is 9.87. The maximum absolute atomic E-state index is 11.3. The van der Waals surface area contributed by atoms with Crippen molar-refractivity contribution in [2.75, 3.05) is 6.54 Å². The van der Waals surface area contributed by atoms with Crippen LogP contribution < -0.4 is 0 Å². The summed E-state index contributed by atoms with van der Waals surface area (Å²) < 4.78 is 0. The van der Waals surface area contributed by atoms with Gasteiger partial charge in [-0.3, -0.25) is 14.5 Å². The highest BCUT2D eigenvalue weighted by Crippen LogP contribution is 1.99. The third-order valence-electron chi connectivity index (χ3n) is 1.59. The molecule has 0 atom stereocenters. The Balaban J connectivity index is 0. The van der Waals surface area contributed by atoms with Crippen LogP contribution in [0.3, 0.4) is 0 Å². The largest absolute Gasteiger partial charge is 0.283 e. The van der Waals surface area contributed by atoms with Crippen LogP contribution in [0, 0.1) is 0 Å². The summed E-state index contributed by atoms with van der Waals surface area (Å²) >= 11 is 0. The number of hydrogen-bond acceptors (Lipinski definition) is 2. The highest BCUT2D eigenvalue weighted by molar-refractivity contribution is 5.94. The number of amides is 2. The first-order valence-corrected chi connectivity index (χ1v) is 5.44. The summed E-state index contributed by atoms with van der Waals surface area (Å²) in [6.07, 6.45) is 2.10. The topological polar surface area (TPSA) is 37.4 Å². The molecule has 0 fully saturated rings. The fraction of sp³-hybridized carbons (Fsp3) is 0.818. The summed E-state index contributed by atoms with van der Waals surface area (Å²) in [5.74, 6) is -0.192. The zero-order chi connectivity index (χ0) is 11.6. The van der Waals surface area contributed by atoms with E-state index in [0.29, 0.717) is 13.0 Å². The van der Waals surface area contributed by atoms with Crippen LogP contribution in [0.2, 0.25) is 0 Å². The van der Waals surface area contributed by atoms with Gasteiger partial charge in [0.25, 0.3) is 0 Å². The van der Waals surface area contributed by atoms with E-state index in [9.17, 15) is 9.59 Å². The summed E-state index contributed by atoms with van der Waals surface area (Å²) in [5.41, 5.74) is 0. The first kappa shape index (κ1) is 15.6. The molecule has 3 nitrogen and oxygen atoms in total. The highest BCUT2D eigenvalue weighted by atomic mass is 16.2. The fourth-order valence-electron chi connectivity index (χ4n) is 1.03. The van der Waals surface area contributed by atoms with Crippen molar-refractivity contribution in [2.24, 2.45) is 0 Å². The predicted octanol–water partition coefficient (Wildman–Crippen LogP) is 2.60. The molecule has 0 aliphatic rings. The van der Waals surface area contributed by atoms with Crippen LogP contribution in [0.5, 0.6) is 0 Å². The molecule has 3 heteroatoms. The van der Waals surface area contributed by atoms with Gasteiger partial charge < -0.3 is 0 Å². The minimum absolute atomic E-state index is 0.0492. The Labute approximate surface area is 87.5 Å². The molecule has 0 unspecified atom stereocenters. The van der Waals surface area contributed by atoms with Crippen molar-refractivity contribution in [3.63, 3.8) is 0 Å². The van der Waals surface area contributed by atoms with Gasteiger partial charge in [-0.15, -0.1) is 0 Å². The van der Waals surface area contributed by atoms with Crippen LogP contribution in [0.4, 0.5) is 0 Å². The molecule has 84 valence electrons. The molecule has 0 aromatic carbocycles. The second kappa shape index (κ2) is 10.2. The van der Waals surface area contributed by atoms with Crippen molar-refractivity contribution in [1.82, 2.24) is 4.90 Å². The van der Waals surface area contributed by atoms with Crippen molar-refractivity contribution in [2.45, 2.75) is 53.9 Å². The van der Waals surface area contributed by atoms with Crippen LogP contribution in [-0.4, -0.2) is 23.3 Å². The molecule has 0 saturated heterocycles. The summed E-state index contributed by atoms with van der Waals surface area (Å²) in [6, 6.07) is 0. The van der Waals surface area contributed by atoms with Crippen molar-refractivity contribution in [1.29, 1.82) is 0 Å². The van der Waals surface area contributed by atoms with Gasteiger partial charge in [-0.25, -0.2) is 0 Å². The van der Waals surface area contributed by atoms with Gasteiger partial charge in [-0.05, 0) is 12.8 Å². The van der Waals surface area contributed by atoms with Gasteiger partial charge in [0, 0.05) is 19.9 Å². The summed E-state index contributed by atoms with van der Waals surface area (Å²) in [4.78, 5) is 23.6. The molecule has 0 rings (SSSR count). The number of imide groups is 1. The second-order valence-corrected chi connectivity index (χ2v) is 2.81. The zero-order valence-corrected chi connectivity index (χ0v) is 10.1. The Kier molecular flexibility index (Phi) is 11.4. The van der Waals surface area contributed by atoms with E-state index < -0.39 is 0 Å². The molecule has 0 aromatic heterocycles. The van der Waals surface area contributed by atoms with E-state index in [0.717, 1.165) is 12.8 Å². The van der Waals surface area contributed by atoms with Gasteiger partial charge in [0.1, 0.15) is 0 Å². The lowest BCUT2D eigenvalue weighted by Gasteiger charge is -2.17. The van der Waals surface area contributed by atoms with Gasteiger partial charge in [-0.1, -0.05) is 27.7 Å². The molecule has 0 saturated carbocycles. The molecule has 0 aliphatic carbocycles. The van der Waals surface area contributed by atoms with E-state index in [-0.39, 0.29) is 11.8 Å². The molecule has 0 aliphatic heterocycles. The number of carbonyl (C=O) groups is 2. The first-order chi connectivity index (χ1) is 6.63. The van der Waals surface area contributed by atoms with Gasteiger partial charge in [-0.2, -0.15) is 0 Å². The van der Waals surface area contributed by atoms with E-state index in [4.69, 9.17) is 0 Å². The monoisotopic (exact) mass is 201 g/mol. The van der Waals surface area contributed by atoms with E-state index in [2.05, 4.69) is 0 Å². The Morgan fingerprint density at radius 1 is 1.07 bits per heavy atom. The quantitative estimate of drug-likeness (QED) is 0.701. The third-order valence-corrected chi connectivity index (χ3v) is 1.59. The van der Waals surface area contributed by atoms with Gasteiger partial charge >= 0.3 is 0 Å². The molecule has 0 aromatic rings. The Morgan fingerprint density at radius 2 is 1.57 bits per heavy atom. The molecule has 0 bridgehead atoms. The molecule has 0 heterocycles. The molecular weight excluding hydrogens is 178 g/mol. The smallest absolute Gasteiger partial charge is 0.229 e. The van der Waals surface area contributed by atoms with Crippen molar-refractivity contribution >= 4 is 11.8 Å². The summed E-state index contributed by atoms with van der Waals surface area (Å²) in [7, 11) is 0. The average molecular weight is 201 g/mol. The van der Waals surface area contributed by atoms with Crippen LogP contribution in [0.25, 0.3) is 0 Å². The third kappa shape index (κ3) is 6.63. The van der Waals surface area contributed by atoms with E-state index >= 15 is 0 Å². The minimum Gasteiger partial charge on any atom is -0.283 e. The lowest BCUT2D eigenvalue weighted by Crippen LogP contribution is -2.35. The Hall–Kier alpha value is -0.860. The highest BCUT2D eigenvalue weighted by Gasteiger charge is 2.14. The van der Waals surface area contributed by atoms with Gasteiger partial charge in [0.15, 0.2) is 0 Å². The molecule has 0 spiro atoms. The Bertz CT molecular complexity index is 167. The standard InChI is InChI=1S/C9H17NO2.C2H6/c1-4-6-9(12)10(7-5-2)8(3)11;1-2/h4-7H2,1-3H3;1-2H3. The molecule has 2 amide bonds. The average Bonchev–Trinajstić information content (AvgIpc) is 2.17. The van der Waals surface area contributed by atoms with Gasteiger partial charge in [0.05, 0.1) is 0 Å². The maximum atomic E-state index is 11.3. The first-order valence-electron chi connectivity index (χ1n) is 5.44. The predicted molar refractivity (Wildman–Crippen MR) is 58.9 cm³/mol. The van der Waals surface area contributed by atoms with Crippen LogP contribution in [-0.2, 0) is 9.59 Å². The van der Waals surface area contributed by atoms with Crippen LogP contribution in [0.15, 0.2) is 0 Å². The number of hydrogen-bond donors (Lipinski definition) is 0. The Morgan fingerprint density at radius 3 is 1.86 bits per heavy atom. The molecule has 14 heavy (non-hydrogen) atoms. The molecular formula is C11H23NO2. The van der Waals surface area contributed by atoms with E-state index in [1.165, 1.54) is 11.8 Å². The van der Waals surface area contributed by atoms with Crippen LogP contribution >= 0.6 is 0 Å². The number of rotatable bonds is 4. The number of nitrogens with zero attached hydrogens (tertiary/aromatic N) is 1. The molecule has 0 radical (unpaired) electrons. The van der Waals surface area contributed by atoms with E-state index in [1.807, 2.05) is 27.7 Å². The SMILES string of the molecule is CC.CCCC(=O)N(CCC)C(C)=O.